The number of alkyl halides is 3. The van der Waals surface area contributed by atoms with Crippen LogP contribution in [-0.4, -0.2) is 25.9 Å². The maximum Gasteiger partial charge on any atom is 0.389 e. The number of nitrogens with one attached hydrogen (secondary N) is 1. The summed E-state index contributed by atoms with van der Waals surface area (Å²) in [7, 11) is 1.83. The van der Waals surface area contributed by atoms with Gasteiger partial charge in [0, 0.05) is 31.6 Å². The molecule has 1 atom stereocenters. The van der Waals surface area contributed by atoms with Crippen molar-refractivity contribution in [1.82, 2.24) is 19.7 Å². The summed E-state index contributed by atoms with van der Waals surface area (Å²) in [4.78, 5) is 8.23. The molecule has 0 spiro atoms. The maximum absolute atomic E-state index is 12.3. The Bertz CT molecular complexity index is 609. The van der Waals surface area contributed by atoms with Crippen LogP contribution in [0.25, 0.3) is 0 Å². The Morgan fingerprint density at radius 2 is 2.05 bits per heavy atom. The molecule has 5 nitrogen and oxygen atoms in total. The van der Waals surface area contributed by atoms with Gasteiger partial charge in [-0.15, -0.1) is 0 Å². The lowest BCUT2D eigenvalue weighted by Crippen LogP contribution is -2.16. The van der Waals surface area contributed by atoms with Gasteiger partial charge in [0.15, 0.2) is 0 Å². The third-order valence-electron chi connectivity index (χ3n) is 3.31. The molecule has 0 aromatic carbocycles. The van der Waals surface area contributed by atoms with Crippen LogP contribution in [0.4, 0.5) is 19.1 Å². The molecule has 8 heteroatoms. The molecule has 0 saturated heterocycles. The Labute approximate surface area is 126 Å². The molecule has 0 aliphatic carbocycles. The van der Waals surface area contributed by atoms with E-state index in [1.54, 1.807) is 10.9 Å². The SMILES string of the molecule is CC[C@H](Nc1nccc(CCC(F)(F)F)n1)c1ccnn1C. The van der Waals surface area contributed by atoms with Gasteiger partial charge in [-0.2, -0.15) is 18.3 Å². The van der Waals surface area contributed by atoms with E-state index >= 15 is 0 Å². The van der Waals surface area contributed by atoms with Gasteiger partial charge in [0.25, 0.3) is 0 Å². The summed E-state index contributed by atoms with van der Waals surface area (Å²) >= 11 is 0. The van der Waals surface area contributed by atoms with E-state index in [2.05, 4.69) is 20.4 Å². The van der Waals surface area contributed by atoms with E-state index in [1.807, 2.05) is 20.0 Å². The first-order valence-electron chi connectivity index (χ1n) is 7.02. The summed E-state index contributed by atoms with van der Waals surface area (Å²) in [5, 5.41) is 7.26. The van der Waals surface area contributed by atoms with Crippen LogP contribution in [-0.2, 0) is 13.5 Å². The number of aromatic nitrogens is 4. The molecular formula is C14H18F3N5. The largest absolute Gasteiger partial charge is 0.389 e. The van der Waals surface area contributed by atoms with Crippen molar-refractivity contribution in [3.05, 3.63) is 35.9 Å². The highest BCUT2D eigenvalue weighted by atomic mass is 19.4. The molecule has 2 rings (SSSR count). The van der Waals surface area contributed by atoms with Crippen LogP contribution in [0.3, 0.4) is 0 Å². The predicted octanol–water partition coefficient (Wildman–Crippen LogP) is 3.27. The predicted molar refractivity (Wildman–Crippen MR) is 76.3 cm³/mol. The normalized spacial score (nSPS) is 13.1. The molecule has 0 bridgehead atoms. The first kappa shape index (κ1) is 16.3. The minimum absolute atomic E-state index is 0.0506. The van der Waals surface area contributed by atoms with Gasteiger partial charge in [0.05, 0.1) is 11.7 Å². The monoisotopic (exact) mass is 313 g/mol. The Morgan fingerprint density at radius 1 is 1.27 bits per heavy atom. The van der Waals surface area contributed by atoms with E-state index in [-0.39, 0.29) is 12.5 Å². The van der Waals surface area contributed by atoms with Gasteiger partial charge in [-0.3, -0.25) is 4.68 Å². The molecule has 0 unspecified atom stereocenters. The van der Waals surface area contributed by atoms with Crippen molar-refractivity contribution in [2.75, 3.05) is 5.32 Å². The van der Waals surface area contributed by atoms with E-state index in [9.17, 15) is 13.2 Å². The van der Waals surface area contributed by atoms with Gasteiger partial charge in [0.2, 0.25) is 5.95 Å². The van der Waals surface area contributed by atoms with Gasteiger partial charge in [0.1, 0.15) is 0 Å². The topological polar surface area (TPSA) is 55.6 Å². The summed E-state index contributed by atoms with van der Waals surface area (Å²) in [6.07, 6.45) is -1.28. The third kappa shape index (κ3) is 4.44. The highest BCUT2D eigenvalue weighted by molar-refractivity contribution is 5.30. The maximum atomic E-state index is 12.3. The molecule has 120 valence electrons. The molecule has 2 heterocycles. The Kier molecular flexibility index (Phi) is 4.99. The quantitative estimate of drug-likeness (QED) is 0.889. The van der Waals surface area contributed by atoms with Crippen LogP contribution in [0.15, 0.2) is 24.5 Å². The van der Waals surface area contributed by atoms with Crippen LogP contribution in [0.5, 0.6) is 0 Å². The number of halogens is 3. The van der Waals surface area contributed by atoms with Crippen LogP contribution in [0.2, 0.25) is 0 Å². The zero-order chi connectivity index (χ0) is 16.2. The first-order valence-corrected chi connectivity index (χ1v) is 7.02. The van der Waals surface area contributed by atoms with Crippen LogP contribution in [0, 0.1) is 0 Å². The molecular weight excluding hydrogens is 295 g/mol. The number of hydrogen-bond acceptors (Lipinski definition) is 4. The fourth-order valence-corrected chi connectivity index (χ4v) is 2.14. The van der Waals surface area contributed by atoms with Crippen LogP contribution >= 0.6 is 0 Å². The minimum Gasteiger partial charge on any atom is -0.346 e. The van der Waals surface area contributed by atoms with E-state index in [0.717, 1.165) is 12.1 Å². The number of anilines is 1. The number of nitrogens with zero attached hydrogens (tertiary/aromatic N) is 4. The average molecular weight is 313 g/mol. The molecule has 2 aromatic rings. The summed E-state index contributed by atoms with van der Waals surface area (Å²) in [6, 6.07) is 3.33. The van der Waals surface area contributed by atoms with Gasteiger partial charge in [-0.25, -0.2) is 9.97 Å². The number of rotatable bonds is 6. The van der Waals surface area contributed by atoms with Crippen LogP contribution in [0.1, 0.15) is 37.2 Å². The Hall–Kier alpha value is -2.12. The second kappa shape index (κ2) is 6.76. The summed E-state index contributed by atoms with van der Waals surface area (Å²) in [5.74, 6) is 0.327. The van der Waals surface area contributed by atoms with E-state index in [4.69, 9.17) is 0 Å². The summed E-state index contributed by atoms with van der Waals surface area (Å²) < 4.78 is 38.5. The highest BCUT2D eigenvalue weighted by Crippen LogP contribution is 2.23. The molecule has 0 amide bonds. The first-order chi connectivity index (χ1) is 10.4. The van der Waals surface area contributed by atoms with Gasteiger partial charge >= 0.3 is 6.18 Å². The fourth-order valence-electron chi connectivity index (χ4n) is 2.14. The second-order valence-electron chi connectivity index (χ2n) is 4.97. The molecule has 0 saturated carbocycles. The van der Waals surface area contributed by atoms with Gasteiger partial charge in [-0.1, -0.05) is 6.92 Å². The fraction of sp³-hybridized carbons (Fsp3) is 0.500. The molecule has 0 aliphatic rings. The zero-order valence-corrected chi connectivity index (χ0v) is 12.4. The van der Waals surface area contributed by atoms with Crippen molar-refractivity contribution < 1.29 is 13.2 Å². The summed E-state index contributed by atoms with van der Waals surface area (Å²) in [6.45, 7) is 2.00. The smallest absolute Gasteiger partial charge is 0.346 e. The van der Waals surface area contributed by atoms with Crippen molar-refractivity contribution in [1.29, 1.82) is 0 Å². The van der Waals surface area contributed by atoms with Crippen molar-refractivity contribution in [3.8, 4) is 0 Å². The summed E-state index contributed by atoms with van der Waals surface area (Å²) in [5.41, 5.74) is 1.33. The standard InChI is InChI=1S/C14H18F3N5/c1-3-11(12-6-9-19-22(12)2)21-13-18-8-5-10(20-13)4-7-14(15,16)17/h5-6,8-9,11H,3-4,7H2,1-2H3,(H,18,20,21)/t11-/m0/s1. The molecule has 0 fully saturated rings. The van der Waals surface area contributed by atoms with Crippen molar-refractivity contribution in [2.24, 2.45) is 7.05 Å². The van der Waals surface area contributed by atoms with Crippen molar-refractivity contribution in [2.45, 2.75) is 38.4 Å². The molecule has 2 aromatic heterocycles. The number of aryl methyl sites for hydroxylation is 2. The van der Waals surface area contributed by atoms with Crippen molar-refractivity contribution >= 4 is 5.95 Å². The van der Waals surface area contributed by atoms with Gasteiger partial charge < -0.3 is 5.32 Å². The van der Waals surface area contributed by atoms with E-state index < -0.39 is 12.6 Å². The Morgan fingerprint density at radius 3 is 2.64 bits per heavy atom. The molecule has 0 radical (unpaired) electrons. The lowest BCUT2D eigenvalue weighted by atomic mass is 10.1. The van der Waals surface area contributed by atoms with Gasteiger partial charge in [-0.05, 0) is 25.0 Å². The zero-order valence-electron chi connectivity index (χ0n) is 12.4. The lowest BCUT2D eigenvalue weighted by molar-refractivity contribution is -0.134. The van der Waals surface area contributed by atoms with Crippen molar-refractivity contribution in [3.63, 3.8) is 0 Å². The second-order valence-corrected chi connectivity index (χ2v) is 4.97. The molecule has 0 aliphatic heterocycles. The highest BCUT2D eigenvalue weighted by Gasteiger charge is 2.26. The number of hydrogen-bond donors (Lipinski definition) is 1. The average Bonchev–Trinajstić information content (AvgIpc) is 2.88. The van der Waals surface area contributed by atoms with E-state index in [0.29, 0.717) is 11.6 Å². The molecule has 22 heavy (non-hydrogen) atoms. The third-order valence-corrected chi connectivity index (χ3v) is 3.31. The minimum atomic E-state index is -4.18. The Balaban J connectivity index is 2.07. The lowest BCUT2D eigenvalue weighted by Gasteiger charge is -2.17. The molecule has 1 N–H and O–H groups in total. The van der Waals surface area contributed by atoms with Crippen LogP contribution < -0.4 is 5.32 Å². The van der Waals surface area contributed by atoms with E-state index in [1.165, 1.54) is 12.3 Å².